The monoisotopic (exact) mass is 341 g/mol. The van der Waals surface area contributed by atoms with Gasteiger partial charge in [-0.2, -0.15) is 0 Å². The number of hydrogen-bond acceptors (Lipinski definition) is 5. The summed E-state index contributed by atoms with van der Waals surface area (Å²) in [5, 5.41) is 7.15. The van der Waals surface area contributed by atoms with Crippen molar-refractivity contribution < 1.29 is 9.53 Å². The maximum Gasteiger partial charge on any atom is 0.252 e. The molecule has 7 heteroatoms. The fourth-order valence-corrected chi connectivity index (χ4v) is 3.57. The number of amides is 1. The van der Waals surface area contributed by atoms with Gasteiger partial charge in [-0.15, -0.1) is 23.7 Å². The first-order valence-corrected chi connectivity index (χ1v) is 7.94. The topological polar surface area (TPSA) is 63.2 Å². The number of benzene rings is 1. The predicted molar refractivity (Wildman–Crippen MR) is 90.6 cm³/mol. The van der Waals surface area contributed by atoms with Crippen LogP contribution in [0.1, 0.15) is 17.8 Å². The summed E-state index contributed by atoms with van der Waals surface area (Å²) in [7, 11) is 1.61. The SMILES string of the molecule is COC1(C(=O)NCc2nc3ccccc3s2)CCNCC1.Cl. The molecular formula is C15H20ClN3O2S. The Morgan fingerprint density at radius 3 is 2.82 bits per heavy atom. The molecule has 2 heterocycles. The van der Waals surface area contributed by atoms with Crippen LogP contribution in [0.2, 0.25) is 0 Å². The minimum Gasteiger partial charge on any atom is -0.368 e. The molecule has 1 aliphatic heterocycles. The molecule has 1 aromatic carbocycles. The first-order chi connectivity index (χ1) is 10.2. The van der Waals surface area contributed by atoms with Crippen LogP contribution in [0.4, 0.5) is 0 Å². The molecule has 2 N–H and O–H groups in total. The molecule has 1 amide bonds. The van der Waals surface area contributed by atoms with Crippen LogP contribution in [-0.4, -0.2) is 36.7 Å². The first kappa shape index (κ1) is 17.1. The van der Waals surface area contributed by atoms with Crippen molar-refractivity contribution in [1.29, 1.82) is 0 Å². The summed E-state index contributed by atoms with van der Waals surface area (Å²) in [5.74, 6) is -0.0363. The molecule has 22 heavy (non-hydrogen) atoms. The molecule has 5 nitrogen and oxygen atoms in total. The highest BCUT2D eigenvalue weighted by atomic mass is 35.5. The molecule has 0 spiro atoms. The molecule has 1 aromatic heterocycles. The average molecular weight is 342 g/mol. The van der Waals surface area contributed by atoms with Gasteiger partial charge in [0.05, 0.1) is 16.8 Å². The first-order valence-electron chi connectivity index (χ1n) is 7.12. The zero-order valence-corrected chi connectivity index (χ0v) is 14.1. The molecule has 1 aliphatic rings. The summed E-state index contributed by atoms with van der Waals surface area (Å²) in [5.41, 5.74) is 0.289. The van der Waals surface area contributed by atoms with Gasteiger partial charge in [0.15, 0.2) is 0 Å². The summed E-state index contributed by atoms with van der Waals surface area (Å²) in [6.07, 6.45) is 1.41. The number of aromatic nitrogens is 1. The van der Waals surface area contributed by atoms with E-state index in [1.165, 1.54) is 0 Å². The van der Waals surface area contributed by atoms with Gasteiger partial charge in [0.2, 0.25) is 0 Å². The molecule has 0 unspecified atom stereocenters. The van der Waals surface area contributed by atoms with Crippen LogP contribution in [0.5, 0.6) is 0 Å². The Hall–Kier alpha value is -1.21. The van der Waals surface area contributed by atoms with Crippen molar-refractivity contribution in [2.45, 2.75) is 25.0 Å². The fraction of sp³-hybridized carbons (Fsp3) is 0.467. The number of carbonyl (C=O) groups is 1. The number of nitrogens with zero attached hydrogens (tertiary/aromatic N) is 1. The summed E-state index contributed by atoms with van der Waals surface area (Å²) < 4.78 is 6.66. The smallest absolute Gasteiger partial charge is 0.252 e. The Bertz CT molecular complexity index is 608. The molecule has 2 aromatic rings. The van der Waals surface area contributed by atoms with E-state index in [0.29, 0.717) is 19.4 Å². The maximum atomic E-state index is 12.5. The standard InChI is InChI=1S/C15H19N3O2S.ClH/c1-20-15(6-8-16-9-7-15)14(19)17-10-13-18-11-4-2-3-5-12(11)21-13;/h2-5,16H,6-10H2,1H3,(H,17,19);1H. The largest absolute Gasteiger partial charge is 0.368 e. The van der Waals surface area contributed by atoms with Gasteiger partial charge in [-0.25, -0.2) is 4.98 Å². The zero-order chi connectivity index (χ0) is 14.7. The van der Waals surface area contributed by atoms with E-state index in [4.69, 9.17) is 4.74 Å². The molecule has 1 saturated heterocycles. The van der Waals surface area contributed by atoms with Crippen molar-refractivity contribution in [3.63, 3.8) is 0 Å². The lowest BCUT2D eigenvalue weighted by Gasteiger charge is -2.34. The van der Waals surface area contributed by atoms with Crippen molar-refractivity contribution in [1.82, 2.24) is 15.6 Å². The van der Waals surface area contributed by atoms with E-state index in [-0.39, 0.29) is 18.3 Å². The Kier molecular flexibility index (Phi) is 5.74. The molecule has 3 rings (SSSR count). The van der Waals surface area contributed by atoms with Crippen LogP contribution in [0.25, 0.3) is 10.2 Å². The number of methoxy groups -OCH3 is 1. The number of nitrogens with one attached hydrogen (secondary N) is 2. The van der Waals surface area contributed by atoms with E-state index in [1.54, 1.807) is 18.4 Å². The van der Waals surface area contributed by atoms with E-state index >= 15 is 0 Å². The van der Waals surface area contributed by atoms with Gasteiger partial charge in [-0.3, -0.25) is 4.79 Å². The number of hydrogen-bond donors (Lipinski definition) is 2. The van der Waals surface area contributed by atoms with Crippen LogP contribution in [0.15, 0.2) is 24.3 Å². The van der Waals surface area contributed by atoms with Crippen LogP contribution >= 0.6 is 23.7 Å². The quantitative estimate of drug-likeness (QED) is 0.894. The van der Waals surface area contributed by atoms with Crippen molar-refractivity contribution in [2.24, 2.45) is 0 Å². The van der Waals surface area contributed by atoms with E-state index in [2.05, 4.69) is 15.6 Å². The fourth-order valence-electron chi connectivity index (χ4n) is 2.67. The van der Waals surface area contributed by atoms with Crippen LogP contribution in [0, 0.1) is 0 Å². The maximum absolute atomic E-state index is 12.5. The molecule has 1 fully saturated rings. The van der Waals surface area contributed by atoms with Crippen LogP contribution in [-0.2, 0) is 16.1 Å². The minimum absolute atomic E-state index is 0. The van der Waals surface area contributed by atoms with Gasteiger partial charge in [0.25, 0.3) is 5.91 Å². The van der Waals surface area contributed by atoms with Gasteiger partial charge in [-0.1, -0.05) is 12.1 Å². The number of carbonyl (C=O) groups excluding carboxylic acids is 1. The molecule has 120 valence electrons. The molecule has 0 bridgehead atoms. The zero-order valence-electron chi connectivity index (χ0n) is 12.4. The van der Waals surface area contributed by atoms with Gasteiger partial charge in [0, 0.05) is 7.11 Å². The molecule has 0 aliphatic carbocycles. The number of rotatable bonds is 4. The third-order valence-electron chi connectivity index (χ3n) is 3.95. The van der Waals surface area contributed by atoms with Crippen LogP contribution < -0.4 is 10.6 Å². The van der Waals surface area contributed by atoms with Crippen molar-refractivity contribution in [3.8, 4) is 0 Å². The van der Waals surface area contributed by atoms with Crippen molar-refractivity contribution in [3.05, 3.63) is 29.3 Å². The second-order valence-corrected chi connectivity index (χ2v) is 6.32. The van der Waals surface area contributed by atoms with Crippen molar-refractivity contribution >= 4 is 39.9 Å². The number of para-hydroxylation sites is 1. The second-order valence-electron chi connectivity index (χ2n) is 5.21. The number of thiazole rings is 1. The number of piperidine rings is 1. The number of fused-ring (bicyclic) bond motifs is 1. The van der Waals surface area contributed by atoms with Gasteiger partial charge >= 0.3 is 0 Å². The summed E-state index contributed by atoms with van der Waals surface area (Å²) >= 11 is 1.61. The van der Waals surface area contributed by atoms with E-state index in [9.17, 15) is 4.79 Å². The highest BCUT2D eigenvalue weighted by Crippen LogP contribution is 2.24. The van der Waals surface area contributed by atoms with Gasteiger partial charge in [0.1, 0.15) is 10.6 Å². The van der Waals surface area contributed by atoms with Gasteiger partial charge < -0.3 is 15.4 Å². The molecular weight excluding hydrogens is 322 g/mol. The number of ether oxygens (including phenoxy) is 1. The highest BCUT2D eigenvalue weighted by Gasteiger charge is 2.39. The lowest BCUT2D eigenvalue weighted by Crippen LogP contribution is -2.53. The molecule has 0 atom stereocenters. The molecule has 0 saturated carbocycles. The predicted octanol–water partition coefficient (Wildman–Crippen LogP) is 2.10. The minimum atomic E-state index is -0.693. The van der Waals surface area contributed by atoms with E-state index in [0.717, 1.165) is 28.3 Å². The third-order valence-corrected chi connectivity index (χ3v) is 4.99. The molecule has 0 radical (unpaired) electrons. The highest BCUT2D eigenvalue weighted by molar-refractivity contribution is 7.18. The van der Waals surface area contributed by atoms with Gasteiger partial charge in [-0.05, 0) is 38.1 Å². The second kappa shape index (κ2) is 7.37. The lowest BCUT2D eigenvalue weighted by atomic mass is 9.91. The summed E-state index contributed by atoms with van der Waals surface area (Å²) in [6, 6.07) is 8.00. The third kappa shape index (κ3) is 3.41. The van der Waals surface area contributed by atoms with Crippen LogP contribution in [0.3, 0.4) is 0 Å². The average Bonchev–Trinajstić information content (AvgIpc) is 2.96. The van der Waals surface area contributed by atoms with E-state index < -0.39 is 5.60 Å². The lowest BCUT2D eigenvalue weighted by molar-refractivity contribution is -0.146. The number of halogens is 1. The Labute approximate surface area is 139 Å². The van der Waals surface area contributed by atoms with Crippen molar-refractivity contribution in [2.75, 3.05) is 20.2 Å². The summed E-state index contributed by atoms with van der Waals surface area (Å²) in [6.45, 7) is 2.07. The normalized spacial score (nSPS) is 17.0. The Morgan fingerprint density at radius 1 is 1.41 bits per heavy atom. The summed E-state index contributed by atoms with van der Waals surface area (Å²) in [4.78, 5) is 17.0. The Morgan fingerprint density at radius 2 is 2.14 bits per heavy atom. The Balaban J connectivity index is 0.00000176. The van der Waals surface area contributed by atoms with E-state index in [1.807, 2.05) is 24.3 Å².